The fraction of sp³-hybridized carbons (Fsp3) is 0.290. The number of nitrogens with zero attached hydrogens (tertiary/aromatic N) is 3. The minimum atomic E-state index is -1.45. The van der Waals surface area contributed by atoms with E-state index in [0.29, 0.717) is 5.69 Å². The SMILES string of the molecule is CC[C@@]12C(=O)N(c3ccc(C)cc3)C(=O)N1[C@H](c1cccc(C)c1)[C@@H]1C(=O)N(Cc3ccccc3)C(=O)[C@@H]12. The molecule has 3 aromatic carbocycles. The van der Waals surface area contributed by atoms with Crippen LogP contribution in [0.1, 0.15) is 41.6 Å². The summed E-state index contributed by atoms with van der Waals surface area (Å²) in [6.45, 7) is 5.84. The smallest absolute Gasteiger partial charge is 0.300 e. The van der Waals surface area contributed by atoms with Gasteiger partial charge >= 0.3 is 6.03 Å². The Morgan fingerprint density at radius 3 is 2.16 bits per heavy atom. The molecule has 0 unspecified atom stereocenters. The van der Waals surface area contributed by atoms with E-state index in [1.54, 1.807) is 17.0 Å². The average molecular weight is 508 g/mol. The largest absolute Gasteiger partial charge is 0.332 e. The number of likely N-dealkylation sites (tertiary alicyclic amines) is 1. The van der Waals surface area contributed by atoms with Crippen LogP contribution in [0.3, 0.4) is 0 Å². The Balaban J connectivity index is 1.52. The standard InChI is InChI=1S/C31H29N3O4/c1-4-31-25-24(27(35)32(28(25)36)18-21-10-6-5-7-11-21)26(22-12-8-9-20(3)17-22)34(31)30(38)33(29(31)37)23-15-13-19(2)14-16-23/h5-17,24-26H,4,18H2,1-3H3/t24-,25-,26-,31-/m1/s1. The van der Waals surface area contributed by atoms with Crippen LogP contribution in [0.2, 0.25) is 0 Å². The van der Waals surface area contributed by atoms with Crippen molar-refractivity contribution in [3.05, 3.63) is 101 Å². The van der Waals surface area contributed by atoms with Crippen LogP contribution in [0.15, 0.2) is 78.9 Å². The Bertz CT molecular complexity index is 1470. The number of imide groups is 2. The topological polar surface area (TPSA) is 78.0 Å². The summed E-state index contributed by atoms with van der Waals surface area (Å²) >= 11 is 0. The minimum Gasteiger partial charge on any atom is -0.300 e. The van der Waals surface area contributed by atoms with E-state index in [1.807, 2.05) is 87.5 Å². The summed E-state index contributed by atoms with van der Waals surface area (Å²) in [5.74, 6) is -2.96. The summed E-state index contributed by atoms with van der Waals surface area (Å²) < 4.78 is 0. The van der Waals surface area contributed by atoms with Gasteiger partial charge in [-0.05, 0) is 43.5 Å². The van der Waals surface area contributed by atoms with Gasteiger partial charge in [-0.2, -0.15) is 0 Å². The number of carbonyl (C=O) groups is 4. The van der Waals surface area contributed by atoms with Gasteiger partial charge in [-0.25, -0.2) is 9.69 Å². The van der Waals surface area contributed by atoms with Gasteiger partial charge in [-0.15, -0.1) is 0 Å². The van der Waals surface area contributed by atoms with Crippen LogP contribution in [0.4, 0.5) is 10.5 Å². The van der Waals surface area contributed by atoms with E-state index in [9.17, 15) is 19.2 Å². The van der Waals surface area contributed by atoms with Crippen molar-refractivity contribution in [2.45, 2.75) is 45.3 Å². The lowest BCUT2D eigenvalue weighted by Gasteiger charge is -2.34. The third kappa shape index (κ3) is 3.20. The third-order valence-corrected chi connectivity index (χ3v) is 8.37. The summed E-state index contributed by atoms with van der Waals surface area (Å²) in [4.78, 5) is 60.6. The molecule has 3 saturated heterocycles. The van der Waals surface area contributed by atoms with Gasteiger partial charge in [0.05, 0.1) is 30.1 Å². The monoisotopic (exact) mass is 507 g/mol. The molecule has 38 heavy (non-hydrogen) atoms. The summed E-state index contributed by atoms with van der Waals surface area (Å²) in [6.07, 6.45) is 0.224. The summed E-state index contributed by atoms with van der Waals surface area (Å²) in [5, 5.41) is 0. The van der Waals surface area contributed by atoms with Crippen molar-refractivity contribution in [1.29, 1.82) is 0 Å². The van der Waals surface area contributed by atoms with Gasteiger partial charge in [0, 0.05) is 0 Å². The van der Waals surface area contributed by atoms with E-state index in [2.05, 4.69) is 0 Å². The van der Waals surface area contributed by atoms with Crippen LogP contribution in [0.5, 0.6) is 0 Å². The van der Waals surface area contributed by atoms with Crippen molar-refractivity contribution in [3.8, 4) is 0 Å². The maximum absolute atomic E-state index is 14.3. The van der Waals surface area contributed by atoms with E-state index >= 15 is 0 Å². The fourth-order valence-corrected chi connectivity index (χ4v) is 6.64. The normalized spacial score (nSPS) is 26.4. The maximum Gasteiger partial charge on any atom is 0.332 e. The first-order chi connectivity index (χ1) is 18.3. The Morgan fingerprint density at radius 1 is 0.789 bits per heavy atom. The van der Waals surface area contributed by atoms with Crippen LogP contribution in [0, 0.1) is 25.7 Å². The quantitative estimate of drug-likeness (QED) is 0.368. The molecule has 4 atom stereocenters. The van der Waals surface area contributed by atoms with Gasteiger partial charge in [-0.3, -0.25) is 19.3 Å². The highest BCUT2D eigenvalue weighted by Gasteiger charge is 2.76. The highest BCUT2D eigenvalue weighted by Crippen LogP contribution is 2.60. The molecule has 3 heterocycles. The number of urea groups is 1. The molecular weight excluding hydrogens is 478 g/mol. The third-order valence-electron chi connectivity index (χ3n) is 8.37. The number of hydrogen-bond acceptors (Lipinski definition) is 4. The average Bonchev–Trinajstić information content (AvgIpc) is 3.44. The second kappa shape index (κ2) is 8.65. The number of hydrogen-bond donors (Lipinski definition) is 0. The fourth-order valence-electron chi connectivity index (χ4n) is 6.64. The van der Waals surface area contributed by atoms with Crippen molar-refractivity contribution in [3.63, 3.8) is 0 Å². The molecule has 0 aromatic heterocycles. The van der Waals surface area contributed by atoms with Gasteiger partial charge in [0.2, 0.25) is 11.8 Å². The molecule has 7 heteroatoms. The summed E-state index contributed by atoms with van der Waals surface area (Å²) in [5.41, 5.74) is 2.58. The van der Waals surface area contributed by atoms with Crippen LogP contribution >= 0.6 is 0 Å². The van der Waals surface area contributed by atoms with Crippen molar-refractivity contribution in [1.82, 2.24) is 9.80 Å². The van der Waals surface area contributed by atoms with Crippen molar-refractivity contribution in [2.24, 2.45) is 11.8 Å². The predicted octanol–water partition coefficient (Wildman–Crippen LogP) is 4.78. The molecule has 7 nitrogen and oxygen atoms in total. The minimum absolute atomic E-state index is 0.135. The zero-order valence-corrected chi connectivity index (χ0v) is 21.6. The maximum atomic E-state index is 14.3. The van der Waals surface area contributed by atoms with E-state index < -0.39 is 41.3 Å². The number of carbonyl (C=O) groups excluding carboxylic acids is 4. The number of anilines is 1. The molecule has 0 aliphatic carbocycles. The lowest BCUT2D eigenvalue weighted by molar-refractivity contribution is -0.145. The van der Waals surface area contributed by atoms with E-state index in [0.717, 1.165) is 22.3 Å². The Hall–Kier alpha value is -4.26. The molecule has 0 spiro atoms. The van der Waals surface area contributed by atoms with E-state index in [-0.39, 0.29) is 18.9 Å². The molecule has 0 saturated carbocycles. The van der Waals surface area contributed by atoms with Gasteiger partial charge in [0.25, 0.3) is 5.91 Å². The van der Waals surface area contributed by atoms with E-state index in [4.69, 9.17) is 0 Å². The predicted molar refractivity (Wildman–Crippen MR) is 142 cm³/mol. The molecule has 0 bridgehead atoms. The lowest BCUT2D eigenvalue weighted by Crippen LogP contribution is -2.53. The van der Waals surface area contributed by atoms with Gasteiger partial charge in [0.15, 0.2) is 0 Å². The first kappa shape index (κ1) is 24.1. The molecule has 3 aliphatic rings. The highest BCUT2D eigenvalue weighted by molar-refractivity contribution is 6.26. The Kier molecular flexibility index (Phi) is 5.49. The number of aryl methyl sites for hydroxylation is 2. The van der Waals surface area contributed by atoms with Crippen LogP contribution in [-0.2, 0) is 20.9 Å². The summed E-state index contributed by atoms with van der Waals surface area (Å²) in [7, 11) is 0. The second-order valence-electron chi connectivity index (χ2n) is 10.5. The van der Waals surface area contributed by atoms with Gasteiger partial charge in [0.1, 0.15) is 5.54 Å². The van der Waals surface area contributed by atoms with Gasteiger partial charge < -0.3 is 4.90 Å². The van der Waals surface area contributed by atoms with Gasteiger partial charge in [-0.1, -0.05) is 84.8 Å². The first-order valence-corrected chi connectivity index (χ1v) is 13.0. The molecule has 3 aromatic rings. The zero-order valence-electron chi connectivity index (χ0n) is 21.6. The Labute approximate surface area is 221 Å². The highest BCUT2D eigenvalue weighted by atomic mass is 16.2. The molecule has 6 rings (SSSR count). The van der Waals surface area contributed by atoms with Crippen molar-refractivity contribution < 1.29 is 19.2 Å². The van der Waals surface area contributed by atoms with Crippen LogP contribution < -0.4 is 4.90 Å². The molecule has 3 aliphatic heterocycles. The molecule has 0 N–H and O–H groups in total. The number of fused-ring (bicyclic) bond motifs is 3. The molecule has 192 valence electrons. The zero-order chi connectivity index (χ0) is 26.8. The van der Waals surface area contributed by atoms with Crippen molar-refractivity contribution in [2.75, 3.05) is 4.90 Å². The molecule has 3 fully saturated rings. The Morgan fingerprint density at radius 2 is 1.50 bits per heavy atom. The number of amides is 5. The lowest BCUT2D eigenvalue weighted by atomic mass is 9.77. The number of rotatable bonds is 5. The first-order valence-electron chi connectivity index (χ1n) is 13.0. The van der Waals surface area contributed by atoms with Crippen molar-refractivity contribution >= 4 is 29.4 Å². The van der Waals surface area contributed by atoms with E-state index in [1.165, 1.54) is 9.80 Å². The number of benzene rings is 3. The molecular formula is C31H29N3O4. The molecule has 5 amide bonds. The second-order valence-corrected chi connectivity index (χ2v) is 10.5. The summed E-state index contributed by atoms with van der Waals surface area (Å²) in [6, 6.07) is 23.0. The molecule has 0 radical (unpaired) electrons. The van der Waals surface area contributed by atoms with Crippen LogP contribution in [0.25, 0.3) is 0 Å². The van der Waals surface area contributed by atoms with Crippen LogP contribution in [-0.4, -0.2) is 39.1 Å².